The summed E-state index contributed by atoms with van der Waals surface area (Å²) in [6.07, 6.45) is 1.90. The van der Waals surface area contributed by atoms with Crippen molar-refractivity contribution in [2.45, 2.75) is 12.0 Å². The molecule has 25 heavy (non-hydrogen) atoms. The molecule has 0 unspecified atom stereocenters. The lowest BCUT2D eigenvalue weighted by atomic mass is 9.88. The van der Waals surface area contributed by atoms with Crippen LogP contribution in [0.25, 0.3) is 11.1 Å². The number of aliphatic imine (C=N–C) groups is 1. The predicted octanol–water partition coefficient (Wildman–Crippen LogP) is 2.00. The van der Waals surface area contributed by atoms with Crippen LogP contribution in [0.15, 0.2) is 47.5 Å². The standard InChI is InChI=1S/C19H15N3O3/c20-9-13-2-1-3-14(6-13)15-4-5-18-16(7-15)17(22-12-21)8-19(10-23,11-24)25-18/h1-7,23-24H,8,10-11H2. The number of aliphatic hydroxyl groups excluding tert-OH is 2. The lowest BCUT2D eigenvalue weighted by molar-refractivity contribution is -0.0317. The third-order valence-corrected chi connectivity index (χ3v) is 4.19. The Morgan fingerprint density at radius 2 is 1.84 bits per heavy atom. The van der Waals surface area contributed by atoms with Crippen LogP contribution in [0.5, 0.6) is 5.75 Å². The smallest absolute Gasteiger partial charge is 0.205 e. The number of aliphatic hydroxyl groups is 2. The number of ether oxygens (including phenoxy) is 1. The molecular weight excluding hydrogens is 318 g/mol. The van der Waals surface area contributed by atoms with Crippen LogP contribution in [0.3, 0.4) is 0 Å². The lowest BCUT2D eigenvalue weighted by Gasteiger charge is -2.36. The van der Waals surface area contributed by atoms with Gasteiger partial charge in [-0.25, -0.2) is 0 Å². The van der Waals surface area contributed by atoms with E-state index in [1.807, 2.05) is 18.2 Å². The molecule has 0 fully saturated rings. The van der Waals surface area contributed by atoms with Gasteiger partial charge in [-0.05, 0) is 35.4 Å². The van der Waals surface area contributed by atoms with Gasteiger partial charge in [-0.1, -0.05) is 18.2 Å². The van der Waals surface area contributed by atoms with Gasteiger partial charge in [-0.3, -0.25) is 0 Å². The van der Waals surface area contributed by atoms with E-state index in [9.17, 15) is 10.2 Å². The molecule has 6 nitrogen and oxygen atoms in total. The first-order valence-corrected chi connectivity index (χ1v) is 7.66. The number of hydrogen-bond donors (Lipinski definition) is 2. The highest BCUT2D eigenvalue weighted by Gasteiger charge is 2.39. The van der Waals surface area contributed by atoms with E-state index in [1.165, 1.54) is 0 Å². The molecule has 1 heterocycles. The summed E-state index contributed by atoms with van der Waals surface area (Å²) in [6.45, 7) is -0.779. The van der Waals surface area contributed by atoms with Crippen molar-refractivity contribution >= 4 is 5.71 Å². The molecule has 0 saturated carbocycles. The molecule has 2 aromatic carbocycles. The fourth-order valence-electron chi connectivity index (χ4n) is 2.85. The molecule has 0 radical (unpaired) electrons. The molecule has 1 aliphatic rings. The minimum atomic E-state index is -1.19. The van der Waals surface area contributed by atoms with Crippen molar-refractivity contribution in [2.24, 2.45) is 4.99 Å². The Morgan fingerprint density at radius 3 is 2.52 bits per heavy atom. The Balaban J connectivity index is 2.10. The molecule has 0 amide bonds. The fraction of sp³-hybridized carbons (Fsp3) is 0.211. The van der Waals surface area contributed by atoms with Crippen molar-refractivity contribution in [3.8, 4) is 29.1 Å². The summed E-state index contributed by atoms with van der Waals surface area (Å²) in [6, 6.07) is 14.7. The normalized spacial score (nSPS) is 16.4. The molecular formula is C19H15N3O3. The average molecular weight is 333 g/mol. The van der Waals surface area contributed by atoms with Crippen LogP contribution in [0, 0.1) is 22.8 Å². The van der Waals surface area contributed by atoms with Crippen molar-refractivity contribution in [1.82, 2.24) is 0 Å². The highest BCUT2D eigenvalue weighted by molar-refractivity contribution is 6.05. The van der Waals surface area contributed by atoms with E-state index in [1.54, 1.807) is 30.5 Å². The summed E-state index contributed by atoms with van der Waals surface area (Å²) in [5.74, 6) is 0.448. The zero-order valence-corrected chi connectivity index (χ0v) is 13.3. The maximum atomic E-state index is 9.59. The van der Waals surface area contributed by atoms with E-state index in [2.05, 4.69) is 11.1 Å². The first-order valence-electron chi connectivity index (χ1n) is 7.66. The number of nitriles is 2. The van der Waals surface area contributed by atoms with E-state index < -0.39 is 5.60 Å². The Bertz CT molecular complexity index is 918. The maximum Gasteiger partial charge on any atom is 0.205 e. The SMILES string of the molecule is N#CN=C1CC(CO)(CO)Oc2ccc(-c3cccc(C#N)c3)cc21. The second-order valence-electron chi connectivity index (χ2n) is 5.84. The van der Waals surface area contributed by atoms with Crippen LogP contribution in [-0.4, -0.2) is 34.7 Å². The van der Waals surface area contributed by atoms with Crippen molar-refractivity contribution < 1.29 is 14.9 Å². The average Bonchev–Trinajstić information content (AvgIpc) is 2.67. The van der Waals surface area contributed by atoms with Crippen molar-refractivity contribution in [3.05, 3.63) is 53.6 Å². The largest absolute Gasteiger partial charge is 0.481 e. The topological polar surface area (TPSA) is 110 Å². The summed E-state index contributed by atoms with van der Waals surface area (Å²) < 4.78 is 5.79. The third kappa shape index (κ3) is 3.09. The quantitative estimate of drug-likeness (QED) is 0.835. The van der Waals surface area contributed by atoms with Crippen LogP contribution in [0.2, 0.25) is 0 Å². The molecule has 124 valence electrons. The Labute approximate surface area is 144 Å². The van der Waals surface area contributed by atoms with Crippen molar-refractivity contribution in [2.75, 3.05) is 13.2 Å². The molecule has 2 N–H and O–H groups in total. The van der Waals surface area contributed by atoms with Crippen LogP contribution < -0.4 is 4.74 Å². The second-order valence-corrected chi connectivity index (χ2v) is 5.84. The van der Waals surface area contributed by atoms with Crippen LogP contribution >= 0.6 is 0 Å². The second kappa shape index (κ2) is 6.74. The van der Waals surface area contributed by atoms with Crippen molar-refractivity contribution in [1.29, 1.82) is 10.5 Å². The zero-order valence-electron chi connectivity index (χ0n) is 13.3. The van der Waals surface area contributed by atoms with Crippen LogP contribution in [0.4, 0.5) is 0 Å². The predicted molar refractivity (Wildman–Crippen MR) is 90.9 cm³/mol. The van der Waals surface area contributed by atoms with Gasteiger partial charge in [0.2, 0.25) is 6.19 Å². The molecule has 0 bridgehead atoms. The first kappa shape index (κ1) is 16.7. The zero-order chi connectivity index (χ0) is 17.9. The minimum absolute atomic E-state index is 0.127. The summed E-state index contributed by atoms with van der Waals surface area (Å²) in [5, 5.41) is 37.2. The first-order chi connectivity index (χ1) is 12.1. The van der Waals surface area contributed by atoms with E-state index in [0.717, 1.165) is 11.1 Å². The summed E-state index contributed by atoms with van der Waals surface area (Å²) in [7, 11) is 0. The number of hydrogen-bond acceptors (Lipinski definition) is 6. The highest BCUT2D eigenvalue weighted by Crippen LogP contribution is 2.36. The number of nitrogens with zero attached hydrogens (tertiary/aromatic N) is 3. The minimum Gasteiger partial charge on any atom is -0.481 e. The molecule has 6 heteroatoms. The van der Waals surface area contributed by atoms with E-state index >= 15 is 0 Å². The Kier molecular flexibility index (Phi) is 4.49. The van der Waals surface area contributed by atoms with E-state index in [0.29, 0.717) is 22.6 Å². The number of fused-ring (bicyclic) bond motifs is 1. The number of benzene rings is 2. The Hall–Kier alpha value is -3.19. The lowest BCUT2D eigenvalue weighted by Crippen LogP contribution is -2.48. The van der Waals surface area contributed by atoms with Gasteiger partial charge < -0.3 is 14.9 Å². The van der Waals surface area contributed by atoms with Crippen molar-refractivity contribution in [3.63, 3.8) is 0 Å². The summed E-state index contributed by atoms with van der Waals surface area (Å²) >= 11 is 0. The van der Waals surface area contributed by atoms with Gasteiger partial charge in [0.1, 0.15) is 5.75 Å². The summed E-state index contributed by atoms with van der Waals surface area (Å²) in [4.78, 5) is 3.85. The molecule has 3 rings (SSSR count). The van der Waals surface area contributed by atoms with Gasteiger partial charge in [0.05, 0.1) is 30.6 Å². The molecule has 0 aromatic heterocycles. The highest BCUT2D eigenvalue weighted by atomic mass is 16.5. The molecule has 0 aliphatic carbocycles. The Morgan fingerprint density at radius 1 is 1.08 bits per heavy atom. The third-order valence-electron chi connectivity index (χ3n) is 4.19. The van der Waals surface area contributed by atoms with Crippen LogP contribution in [0.1, 0.15) is 17.5 Å². The molecule has 1 aliphatic heterocycles. The molecule has 0 spiro atoms. The van der Waals surface area contributed by atoms with E-state index in [-0.39, 0.29) is 19.6 Å². The van der Waals surface area contributed by atoms with Gasteiger partial charge >= 0.3 is 0 Å². The van der Waals surface area contributed by atoms with Gasteiger partial charge in [0, 0.05) is 12.0 Å². The van der Waals surface area contributed by atoms with E-state index in [4.69, 9.17) is 15.3 Å². The molecule has 0 atom stereocenters. The maximum absolute atomic E-state index is 9.59. The molecule has 0 saturated heterocycles. The van der Waals surface area contributed by atoms with Gasteiger partial charge in [0.25, 0.3) is 0 Å². The fourth-order valence-corrected chi connectivity index (χ4v) is 2.85. The van der Waals surface area contributed by atoms with Crippen LogP contribution in [-0.2, 0) is 0 Å². The number of rotatable bonds is 3. The molecule has 2 aromatic rings. The summed E-state index contributed by atoms with van der Waals surface area (Å²) in [5.41, 5.74) is 2.16. The monoisotopic (exact) mass is 333 g/mol. The van der Waals surface area contributed by atoms with Gasteiger partial charge in [-0.15, -0.1) is 0 Å². The van der Waals surface area contributed by atoms with Gasteiger partial charge in [-0.2, -0.15) is 15.5 Å². The van der Waals surface area contributed by atoms with Gasteiger partial charge in [0.15, 0.2) is 5.60 Å².